The van der Waals surface area contributed by atoms with Gasteiger partial charge >= 0.3 is 24.3 Å². The molecule has 3 rings (SSSR count). The highest BCUT2D eigenvalue weighted by molar-refractivity contribution is 5.73. The van der Waals surface area contributed by atoms with Gasteiger partial charge in [0.15, 0.2) is 0 Å². The van der Waals surface area contributed by atoms with Crippen molar-refractivity contribution in [3.05, 3.63) is 17.5 Å². The molecule has 1 aromatic heterocycles. The molecule has 0 aromatic carbocycles. The van der Waals surface area contributed by atoms with E-state index in [1.165, 1.54) is 70.0 Å². The quantitative estimate of drug-likeness (QED) is 0.481. The molecule has 0 bridgehead atoms. The van der Waals surface area contributed by atoms with Crippen LogP contribution in [0.4, 0.5) is 26.3 Å². The molecule has 0 atom stereocenters. The summed E-state index contributed by atoms with van der Waals surface area (Å²) in [6.45, 7) is 16.4. The number of carboxylic acid groups (broad SMARTS) is 2. The first-order chi connectivity index (χ1) is 17.0. The molecule has 2 saturated heterocycles. The molecular formula is C22H35F6N5O4. The Kier molecular flexibility index (Phi) is 12.8. The zero-order valence-electron chi connectivity index (χ0n) is 21.1. The smallest absolute Gasteiger partial charge is 0.475 e. The SMILES string of the molecule is CCN1CCN(C2CCN(Cc3cc(C(C)C)n[nH]3)CC2)CC1.O=C(O)C(F)(F)F.O=C(O)C(F)(F)F. The van der Waals surface area contributed by atoms with E-state index in [2.05, 4.69) is 51.7 Å². The molecule has 9 nitrogen and oxygen atoms in total. The largest absolute Gasteiger partial charge is 0.490 e. The van der Waals surface area contributed by atoms with Crippen LogP contribution in [0.5, 0.6) is 0 Å². The first-order valence-corrected chi connectivity index (χ1v) is 11.9. The Hall–Kier alpha value is -2.39. The molecule has 0 amide bonds. The van der Waals surface area contributed by atoms with Crippen molar-refractivity contribution in [2.45, 2.75) is 64.5 Å². The topological polar surface area (TPSA) is 113 Å². The van der Waals surface area contributed by atoms with Crippen LogP contribution in [0.1, 0.15) is 50.9 Å². The number of hydrogen-bond donors (Lipinski definition) is 3. The number of aliphatic carboxylic acids is 2. The molecule has 3 heterocycles. The maximum Gasteiger partial charge on any atom is 0.490 e. The number of piperidine rings is 1. The van der Waals surface area contributed by atoms with Crippen molar-refractivity contribution in [1.29, 1.82) is 0 Å². The van der Waals surface area contributed by atoms with Crippen molar-refractivity contribution in [2.75, 3.05) is 45.8 Å². The van der Waals surface area contributed by atoms with E-state index in [-0.39, 0.29) is 0 Å². The number of aromatic nitrogens is 2. The summed E-state index contributed by atoms with van der Waals surface area (Å²) in [4.78, 5) is 25.7. The summed E-state index contributed by atoms with van der Waals surface area (Å²) >= 11 is 0. The van der Waals surface area contributed by atoms with Crippen molar-refractivity contribution in [3.8, 4) is 0 Å². The zero-order valence-corrected chi connectivity index (χ0v) is 21.1. The summed E-state index contributed by atoms with van der Waals surface area (Å²) in [5.41, 5.74) is 2.45. The third-order valence-electron chi connectivity index (χ3n) is 6.05. The number of H-pyrrole nitrogens is 1. The Bertz CT molecular complexity index is 806. The average molecular weight is 548 g/mol. The van der Waals surface area contributed by atoms with Gasteiger partial charge in [0.2, 0.25) is 0 Å². The molecule has 15 heteroatoms. The van der Waals surface area contributed by atoms with E-state index in [1.54, 1.807) is 0 Å². The lowest BCUT2D eigenvalue weighted by atomic mass is 10.0. The van der Waals surface area contributed by atoms with Crippen LogP contribution in [0.3, 0.4) is 0 Å². The molecule has 1 aromatic rings. The van der Waals surface area contributed by atoms with Gasteiger partial charge in [-0.15, -0.1) is 0 Å². The summed E-state index contributed by atoms with van der Waals surface area (Å²) in [5.74, 6) is -5.01. The fraction of sp³-hybridized carbons (Fsp3) is 0.773. The molecule has 0 saturated carbocycles. The monoisotopic (exact) mass is 547 g/mol. The number of likely N-dealkylation sites (N-methyl/N-ethyl adjacent to an activating group) is 1. The van der Waals surface area contributed by atoms with Crippen LogP contribution in [-0.2, 0) is 16.1 Å². The summed E-state index contributed by atoms with van der Waals surface area (Å²) in [6, 6.07) is 3.04. The lowest BCUT2D eigenvalue weighted by Crippen LogP contribution is -2.53. The molecular weight excluding hydrogens is 512 g/mol. The number of carbonyl (C=O) groups is 2. The minimum atomic E-state index is -5.08. The predicted octanol–water partition coefficient (Wildman–Crippen LogP) is 3.40. The van der Waals surface area contributed by atoms with Crippen molar-refractivity contribution < 1.29 is 46.1 Å². The van der Waals surface area contributed by atoms with Gasteiger partial charge in [-0.25, -0.2) is 9.59 Å². The summed E-state index contributed by atoms with van der Waals surface area (Å²) in [5, 5.41) is 21.9. The number of piperazine rings is 1. The lowest BCUT2D eigenvalue weighted by Gasteiger charge is -2.42. The van der Waals surface area contributed by atoms with Crippen molar-refractivity contribution in [1.82, 2.24) is 24.9 Å². The van der Waals surface area contributed by atoms with Gasteiger partial charge in [0.1, 0.15) is 0 Å². The van der Waals surface area contributed by atoms with Crippen molar-refractivity contribution >= 4 is 11.9 Å². The second-order valence-electron chi connectivity index (χ2n) is 9.06. The van der Waals surface area contributed by atoms with E-state index in [9.17, 15) is 26.3 Å². The third kappa shape index (κ3) is 12.1. The first-order valence-electron chi connectivity index (χ1n) is 11.9. The number of nitrogens with zero attached hydrogens (tertiary/aromatic N) is 4. The van der Waals surface area contributed by atoms with Crippen LogP contribution in [0, 0.1) is 0 Å². The van der Waals surface area contributed by atoms with E-state index in [1.807, 2.05) is 0 Å². The Labute approximate surface area is 211 Å². The maximum absolute atomic E-state index is 10.6. The molecule has 0 aliphatic carbocycles. The molecule has 37 heavy (non-hydrogen) atoms. The van der Waals surface area contributed by atoms with Crippen LogP contribution < -0.4 is 0 Å². The molecule has 0 radical (unpaired) electrons. The van der Waals surface area contributed by atoms with Gasteiger partial charge in [-0.2, -0.15) is 31.4 Å². The fourth-order valence-electron chi connectivity index (χ4n) is 3.88. The molecule has 0 unspecified atom stereocenters. The Morgan fingerprint density at radius 2 is 1.41 bits per heavy atom. The Morgan fingerprint density at radius 1 is 0.946 bits per heavy atom. The predicted molar refractivity (Wildman–Crippen MR) is 122 cm³/mol. The lowest BCUT2D eigenvalue weighted by molar-refractivity contribution is -0.193. The Balaban J connectivity index is 0.000000404. The summed E-state index contributed by atoms with van der Waals surface area (Å²) in [7, 11) is 0. The van der Waals surface area contributed by atoms with Crippen LogP contribution in [0.2, 0.25) is 0 Å². The van der Waals surface area contributed by atoms with Gasteiger partial charge < -0.3 is 15.1 Å². The summed E-state index contributed by atoms with van der Waals surface area (Å²) < 4.78 is 63.5. The van der Waals surface area contributed by atoms with Gasteiger partial charge in [-0.05, 0) is 31.4 Å². The fourth-order valence-corrected chi connectivity index (χ4v) is 3.88. The number of aromatic amines is 1. The molecule has 2 aliphatic rings. The normalized spacial score (nSPS) is 18.5. The minimum absolute atomic E-state index is 0.507. The van der Waals surface area contributed by atoms with Crippen molar-refractivity contribution in [3.63, 3.8) is 0 Å². The molecule has 2 aliphatic heterocycles. The van der Waals surface area contributed by atoms with Gasteiger partial charge in [0.05, 0.1) is 5.69 Å². The average Bonchev–Trinajstić information content (AvgIpc) is 3.28. The van der Waals surface area contributed by atoms with Crippen molar-refractivity contribution in [2.24, 2.45) is 0 Å². The second-order valence-corrected chi connectivity index (χ2v) is 9.06. The minimum Gasteiger partial charge on any atom is -0.475 e. The standard InChI is InChI=1S/C18H33N5.2C2HF3O2/c1-4-21-9-11-23(12-10-21)17-5-7-22(8-6-17)14-16-13-18(15(2)3)20-19-16;2*3-2(4,5)1(6)7/h13,15,17H,4-12,14H2,1-3H3,(H,19,20);2*(H,6,7). The van der Waals surface area contributed by atoms with Gasteiger partial charge in [-0.3, -0.25) is 14.9 Å². The number of alkyl halides is 6. The number of hydrogen-bond acceptors (Lipinski definition) is 6. The maximum atomic E-state index is 10.6. The molecule has 0 spiro atoms. The Morgan fingerprint density at radius 3 is 1.76 bits per heavy atom. The van der Waals surface area contributed by atoms with Gasteiger partial charge in [-0.1, -0.05) is 20.8 Å². The molecule has 214 valence electrons. The highest BCUT2D eigenvalue weighted by Crippen LogP contribution is 2.20. The number of likely N-dealkylation sites (tertiary alicyclic amines) is 1. The van der Waals surface area contributed by atoms with E-state index < -0.39 is 24.3 Å². The highest BCUT2D eigenvalue weighted by Gasteiger charge is 2.38. The van der Waals surface area contributed by atoms with E-state index >= 15 is 0 Å². The zero-order chi connectivity index (χ0) is 28.4. The van der Waals surface area contributed by atoms with E-state index in [0.717, 1.165) is 12.6 Å². The highest BCUT2D eigenvalue weighted by atomic mass is 19.4. The number of carboxylic acids is 2. The first kappa shape index (κ1) is 32.6. The molecule has 3 N–H and O–H groups in total. The van der Waals surface area contributed by atoms with Crippen LogP contribution in [0.25, 0.3) is 0 Å². The van der Waals surface area contributed by atoms with E-state index in [0.29, 0.717) is 5.92 Å². The third-order valence-corrected chi connectivity index (χ3v) is 6.05. The van der Waals surface area contributed by atoms with Crippen LogP contribution in [-0.4, -0.2) is 111 Å². The number of nitrogens with one attached hydrogen (secondary N) is 1. The van der Waals surface area contributed by atoms with E-state index in [4.69, 9.17) is 19.8 Å². The number of rotatable bonds is 5. The number of halogens is 6. The second kappa shape index (κ2) is 14.5. The van der Waals surface area contributed by atoms with Crippen LogP contribution >= 0.6 is 0 Å². The van der Waals surface area contributed by atoms with Gasteiger partial charge in [0, 0.05) is 57.5 Å². The summed E-state index contributed by atoms with van der Waals surface area (Å²) in [6.07, 6.45) is -7.53. The van der Waals surface area contributed by atoms with Gasteiger partial charge in [0.25, 0.3) is 0 Å². The van der Waals surface area contributed by atoms with Crippen LogP contribution in [0.15, 0.2) is 6.07 Å². The molecule has 2 fully saturated rings.